The van der Waals surface area contributed by atoms with Crippen molar-refractivity contribution < 1.29 is 0 Å². The van der Waals surface area contributed by atoms with E-state index in [0.717, 1.165) is 29.0 Å². The second kappa shape index (κ2) is 10.9. The maximum atomic E-state index is 4.75. The molecule has 0 aliphatic heterocycles. The molecule has 9 heteroatoms. The predicted molar refractivity (Wildman–Crippen MR) is 121 cm³/mol. The highest BCUT2D eigenvalue weighted by atomic mass is 127. The van der Waals surface area contributed by atoms with Gasteiger partial charge in [-0.15, -0.1) is 45.5 Å². The van der Waals surface area contributed by atoms with E-state index in [4.69, 9.17) is 4.99 Å². The van der Waals surface area contributed by atoms with E-state index in [1.807, 2.05) is 24.7 Å². The third kappa shape index (κ3) is 6.41. The van der Waals surface area contributed by atoms with Gasteiger partial charge in [0.05, 0.1) is 6.54 Å². The van der Waals surface area contributed by atoms with Gasteiger partial charge < -0.3 is 15.2 Å². The second-order valence-corrected chi connectivity index (χ2v) is 7.99. The third-order valence-corrected chi connectivity index (χ3v) is 6.01. The molecule has 0 saturated heterocycles. The van der Waals surface area contributed by atoms with Crippen LogP contribution in [0.2, 0.25) is 0 Å². The van der Waals surface area contributed by atoms with Crippen molar-refractivity contribution in [3.05, 3.63) is 27.7 Å². The number of aryl methyl sites for hydroxylation is 2. The van der Waals surface area contributed by atoms with Crippen molar-refractivity contribution in [2.75, 3.05) is 0 Å². The van der Waals surface area contributed by atoms with Gasteiger partial charge in [-0.3, -0.25) is 0 Å². The van der Waals surface area contributed by atoms with E-state index in [1.54, 1.807) is 11.3 Å². The number of guanidine groups is 1. The molecular formula is C18H30IN7S. The zero-order valence-corrected chi connectivity index (χ0v) is 19.5. The summed E-state index contributed by atoms with van der Waals surface area (Å²) in [6, 6.07) is 0.499. The first-order valence-corrected chi connectivity index (χ1v) is 10.3. The molecule has 0 unspecified atom stereocenters. The SMILES string of the molecule is CCc1cnc(CNC(=NCc2nnc(C)n2C)NC2CCCCC2)s1.I. The predicted octanol–water partition coefficient (Wildman–Crippen LogP) is 3.33. The van der Waals surface area contributed by atoms with E-state index in [0.29, 0.717) is 19.1 Å². The van der Waals surface area contributed by atoms with Crippen LogP contribution in [0.3, 0.4) is 0 Å². The Morgan fingerprint density at radius 2 is 2.07 bits per heavy atom. The summed E-state index contributed by atoms with van der Waals surface area (Å²) in [4.78, 5) is 10.6. The molecule has 27 heavy (non-hydrogen) atoms. The van der Waals surface area contributed by atoms with E-state index in [9.17, 15) is 0 Å². The summed E-state index contributed by atoms with van der Waals surface area (Å²) in [5.41, 5.74) is 0. The van der Waals surface area contributed by atoms with Crippen molar-refractivity contribution in [1.82, 2.24) is 30.4 Å². The Kier molecular flexibility index (Phi) is 8.94. The first-order valence-electron chi connectivity index (χ1n) is 9.49. The van der Waals surface area contributed by atoms with Crippen molar-refractivity contribution in [2.45, 2.75) is 71.5 Å². The Hall–Kier alpha value is -1.23. The van der Waals surface area contributed by atoms with E-state index >= 15 is 0 Å². The summed E-state index contributed by atoms with van der Waals surface area (Å²) < 4.78 is 1.98. The lowest BCUT2D eigenvalue weighted by molar-refractivity contribution is 0.409. The average Bonchev–Trinajstić information content (AvgIpc) is 3.26. The highest BCUT2D eigenvalue weighted by Crippen LogP contribution is 2.17. The molecule has 0 amide bonds. The molecule has 2 aromatic rings. The van der Waals surface area contributed by atoms with E-state index in [2.05, 4.69) is 32.7 Å². The lowest BCUT2D eigenvalue weighted by Crippen LogP contribution is -2.44. The lowest BCUT2D eigenvalue weighted by atomic mass is 9.96. The fourth-order valence-electron chi connectivity index (χ4n) is 3.08. The first kappa shape index (κ1) is 22.1. The molecule has 2 aromatic heterocycles. The first-order chi connectivity index (χ1) is 12.7. The van der Waals surface area contributed by atoms with Crippen LogP contribution in [0.4, 0.5) is 0 Å². The molecular weight excluding hydrogens is 473 g/mol. The average molecular weight is 503 g/mol. The van der Waals surface area contributed by atoms with E-state index in [1.165, 1.54) is 37.0 Å². The van der Waals surface area contributed by atoms with Gasteiger partial charge in [0.2, 0.25) is 0 Å². The van der Waals surface area contributed by atoms with Gasteiger partial charge in [0.25, 0.3) is 0 Å². The van der Waals surface area contributed by atoms with Gasteiger partial charge in [0.1, 0.15) is 17.4 Å². The highest BCUT2D eigenvalue weighted by molar-refractivity contribution is 14.0. The summed E-state index contributed by atoms with van der Waals surface area (Å²) in [5.74, 6) is 2.61. The van der Waals surface area contributed by atoms with Crippen molar-refractivity contribution in [3.8, 4) is 0 Å². The van der Waals surface area contributed by atoms with Crippen LogP contribution in [-0.2, 0) is 26.6 Å². The Morgan fingerprint density at radius 1 is 1.30 bits per heavy atom. The smallest absolute Gasteiger partial charge is 0.192 e. The van der Waals surface area contributed by atoms with Crippen molar-refractivity contribution in [1.29, 1.82) is 0 Å². The normalized spacial score (nSPS) is 15.4. The quantitative estimate of drug-likeness (QED) is 0.359. The number of hydrogen-bond donors (Lipinski definition) is 2. The molecule has 7 nitrogen and oxygen atoms in total. The third-order valence-electron chi connectivity index (χ3n) is 4.86. The standard InChI is InChI=1S/C18H29N7S.HI/c1-4-15-10-19-17(26-15)12-21-18(22-14-8-6-5-7-9-14)20-11-16-24-23-13(2)25(16)3;/h10,14H,4-9,11-12H2,1-3H3,(H2,20,21,22);1H. The number of aromatic nitrogens is 4. The molecule has 1 aliphatic rings. The number of nitrogens with one attached hydrogen (secondary N) is 2. The molecule has 0 aromatic carbocycles. The van der Waals surface area contributed by atoms with Crippen LogP contribution in [0.5, 0.6) is 0 Å². The van der Waals surface area contributed by atoms with Gasteiger partial charge >= 0.3 is 0 Å². The summed E-state index contributed by atoms with van der Waals surface area (Å²) in [7, 11) is 1.98. The summed E-state index contributed by atoms with van der Waals surface area (Å²) in [6.45, 7) is 5.32. The topological polar surface area (TPSA) is 80.0 Å². The zero-order chi connectivity index (χ0) is 18.4. The van der Waals surface area contributed by atoms with Gasteiger partial charge in [0, 0.05) is 24.2 Å². The van der Waals surface area contributed by atoms with Crippen LogP contribution < -0.4 is 10.6 Å². The molecule has 0 bridgehead atoms. The molecule has 0 radical (unpaired) electrons. The Balaban J connectivity index is 0.00000261. The monoisotopic (exact) mass is 503 g/mol. The molecule has 1 fully saturated rings. The van der Waals surface area contributed by atoms with Crippen LogP contribution in [0, 0.1) is 6.92 Å². The highest BCUT2D eigenvalue weighted by Gasteiger charge is 2.15. The van der Waals surface area contributed by atoms with Gasteiger partial charge in [-0.25, -0.2) is 9.98 Å². The number of aliphatic imine (C=N–C) groups is 1. The van der Waals surface area contributed by atoms with E-state index < -0.39 is 0 Å². The van der Waals surface area contributed by atoms with Gasteiger partial charge in [-0.1, -0.05) is 26.2 Å². The Bertz CT molecular complexity index is 734. The molecule has 0 spiro atoms. The second-order valence-electron chi connectivity index (χ2n) is 6.79. The van der Waals surface area contributed by atoms with Crippen LogP contribution in [0.15, 0.2) is 11.2 Å². The lowest BCUT2D eigenvalue weighted by Gasteiger charge is -2.25. The van der Waals surface area contributed by atoms with Gasteiger partial charge in [0.15, 0.2) is 11.8 Å². The summed E-state index contributed by atoms with van der Waals surface area (Å²) >= 11 is 1.76. The van der Waals surface area contributed by atoms with Gasteiger partial charge in [-0.2, -0.15) is 0 Å². The minimum atomic E-state index is 0. The van der Waals surface area contributed by atoms with Crippen molar-refractivity contribution in [2.24, 2.45) is 12.0 Å². The largest absolute Gasteiger partial charge is 0.354 e. The van der Waals surface area contributed by atoms with Crippen molar-refractivity contribution in [3.63, 3.8) is 0 Å². The maximum absolute atomic E-state index is 4.75. The fourth-order valence-corrected chi connectivity index (χ4v) is 3.89. The fraction of sp³-hybridized carbons (Fsp3) is 0.667. The van der Waals surface area contributed by atoms with E-state index in [-0.39, 0.29) is 24.0 Å². The molecule has 150 valence electrons. The molecule has 0 atom stereocenters. The molecule has 3 rings (SSSR count). The number of rotatable bonds is 6. The van der Waals surface area contributed by atoms with Crippen LogP contribution >= 0.6 is 35.3 Å². The number of thiazole rings is 1. The number of hydrogen-bond acceptors (Lipinski definition) is 5. The molecule has 2 heterocycles. The molecule has 1 aliphatic carbocycles. The molecule has 2 N–H and O–H groups in total. The molecule has 1 saturated carbocycles. The van der Waals surface area contributed by atoms with Crippen LogP contribution in [-0.4, -0.2) is 31.7 Å². The van der Waals surface area contributed by atoms with Gasteiger partial charge in [-0.05, 0) is 26.2 Å². The number of nitrogens with zero attached hydrogens (tertiary/aromatic N) is 5. The van der Waals surface area contributed by atoms with Crippen LogP contribution in [0.25, 0.3) is 0 Å². The minimum absolute atomic E-state index is 0. The Morgan fingerprint density at radius 3 is 2.70 bits per heavy atom. The summed E-state index contributed by atoms with van der Waals surface area (Å²) in [6.07, 6.45) is 9.34. The minimum Gasteiger partial charge on any atom is -0.354 e. The maximum Gasteiger partial charge on any atom is 0.192 e. The summed E-state index contributed by atoms with van der Waals surface area (Å²) in [5, 5.41) is 16.5. The zero-order valence-electron chi connectivity index (χ0n) is 16.4. The van der Waals surface area contributed by atoms with Crippen molar-refractivity contribution >= 4 is 41.3 Å². The number of halogens is 1. The van der Waals surface area contributed by atoms with Crippen LogP contribution in [0.1, 0.15) is 60.6 Å². The Labute approximate surface area is 182 Å².